The Kier molecular flexibility index (Phi) is 35.6. The Labute approximate surface area is 331 Å². The summed E-state index contributed by atoms with van der Waals surface area (Å²) in [5.41, 5.74) is 0. The summed E-state index contributed by atoms with van der Waals surface area (Å²) in [5, 5.41) is 0. The highest BCUT2D eigenvalue weighted by molar-refractivity contribution is 7.47. The van der Waals surface area contributed by atoms with Gasteiger partial charge < -0.3 is 18.9 Å². The lowest BCUT2D eigenvalue weighted by atomic mass is 10.1. The molecule has 0 aromatic carbocycles. The van der Waals surface area contributed by atoms with Gasteiger partial charge in [0.25, 0.3) is 0 Å². The number of carbonyl (C=O) groups excluding carboxylic acids is 2. The van der Waals surface area contributed by atoms with Gasteiger partial charge in [-0.2, -0.15) is 0 Å². The average Bonchev–Trinajstić information content (AvgIpc) is 3.12. The molecule has 2 atom stereocenters. The minimum absolute atomic E-state index is 0.0284. The second-order valence-corrected chi connectivity index (χ2v) is 17.2. The van der Waals surface area contributed by atoms with Gasteiger partial charge in [-0.05, 0) is 64.2 Å². The number of likely N-dealkylation sites (N-methyl/N-ethyl adjacent to an activating group) is 1. The predicted molar refractivity (Wildman–Crippen MR) is 224 cm³/mol. The molecule has 0 aliphatic rings. The number of phosphoric ester groups is 1. The standard InChI is InChI=1S/C44H82NO8P/c1-6-8-10-12-14-16-18-20-22-24-26-28-30-32-34-36-43(46)50-40-42(41-52-54(48,49)51-39-38-45(3,4)5)53-44(47)37-35-33-31-29-27-25-23-21-19-17-15-13-11-9-7-2/h12,14-15,17,21,23,42H,6-11,13,16,18-20,22,24-41H2,1-5H3/p+1/b14-12+,17-15+,23-21+/t42-/m1/s1. The first kappa shape index (κ1) is 52.2. The first-order valence-electron chi connectivity index (χ1n) is 21.7. The SMILES string of the molecule is CCCC/C=C/CCCCCCCCCCCC(=O)OC[C@H](COP(=O)(O)OCC[N+](C)(C)C)OC(=O)CCCCCCC/C=C/C/C=C/CCCCC. The summed E-state index contributed by atoms with van der Waals surface area (Å²) in [6.45, 7) is 4.35. The molecule has 9 nitrogen and oxygen atoms in total. The molecule has 1 unspecified atom stereocenters. The van der Waals surface area contributed by atoms with Gasteiger partial charge in [0.2, 0.25) is 0 Å². The second-order valence-electron chi connectivity index (χ2n) is 15.7. The van der Waals surface area contributed by atoms with E-state index in [1.54, 1.807) is 0 Å². The molecular formula is C44H83NO8P+. The van der Waals surface area contributed by atoms with Crippen LogP contribution in [0.25, 0.3) is 0 Å². The van der Waals surface area contributed by atoms with E-state index in [0.29, 0.717) is 17.4 Å². The zero-order chi connectivity index (χ0) is 40.0. The van der Waals surface area contributed by atoms with Crippen molar-refractivity contribution in [1.82, 2.24) is 0 Å². The van der Waals surface area contributed by atoms with E-state index >= 15 is 0 Å². The van der Waals surface area contributed by atoms with Crippen LogP contribution in [0.3, 0.4) is 0 Å². The molecule has 316 valence electrons. The summed E-state index contributed by atoms with van der Waals surface area (Å²) in [6.07, 6.45) is 40.4. The molecule has 0 aliphatic heterocycles. The average molecular weight is 785 g/mol. The Bertz CT molecular complexity index is 1020. The molecule has 0 aromatic rings. The Hall–Kier alpha value is -1.77. The maximum atomic E-state index is 12.7. The van der Waals surface area contributed by atoms with Crippen LogP contribution in [0.15, 0.2) is 36.5 Å². The van der Waals surface area contributed by atoms with Gasteiger partial charge in [-0.25, -0.2) is 4.57 Å². The number of nitrogens with zero attached hydrogens (tertiary/aromatic N) is 1. The fourth-order valence-corrected chi connectivity index (χ4v) is 6.41. The minimum Gasteiger partial charge on any atom is -0.462 e. The van der Waals surface area contributed by atoms with E-state index in [9.17, 15) is 19.0 Å². The smallest absolute Gasteiger partial charge is 0.462 e. The lowest BCUT2D eigenvalue weighted by Gasteiger charge is -2.24. The number of ether oxygens (including phenoxy) is 2. The molecule has 0 aliphatic carbocycles. The fourth-order valence-electron chi connectivity index (χ4n) is 5.67. The number of hydrogen-bond acceptors (Lipinski definition) is 7. The normalized spacial score (nSPS) is 14.0. The molecular weight excluding hydrogens is 701 g/mol. The Morgan fingerprint density at radius 2 is 1.02 bits per heavy atom. The first-order chi connectivity index (χ1) is 26.0. The van der Waals surface area contributed by atoms with Crippen molar-refractivity contribution in [2.24, 2.45) is 0 Å². The largest absolute Gasteiger partial charge is 0.472 e. The highest BCUT2D eigenvalue weighted by atomic mass is 31.2. The van der Waals surface area contributed by atoms with Gasteiger partial charge >= 0.3 is 19.8 Å². The number of esters is 2. The molecule has 0 saturated carbocycles. The van der Waals surface area contributed by atoms with Crippen molar-refractivity contribution in [2.45, 2.75) is 187 Å². The van der Waals surface area contributed by atoms with Gasteiger partial charge in [0.15, 0.2) is 6.10 Å². The number of allylic oxidation sites excluding steroid dienone is 6. The van der Waals surface area contributed by atoms with Crippen molar-refractivity contribution in [3.8, 4) is 0 Å². The highest BCUT2D eigenvalue weighted by Gasteiger charge is 2.27. The molecule has 0 fully saturated rings. The predicted octanol–water partition coefficient (Wildman–Crippen LogP) is 12.1. The van der Waals surface area contributed by atoms with Crippen LogP contribution in [0.4, 0.5) is 0 Å². The lowest BCUT2D eigenvalue weighted by Crippen LogP contribution is -2.37. The second kappa shape index (κ2) is 36.8. The topological polar surface area (TPSA) is 108 Å². The van der Waals surface area contributed by atoms with E-state index in [0.717, 1.165) is 57.8 Å². The van der Waals surface area contributed by atoms with Crippen molar-refractivity contribution in [3.05, 3.63) is 36.5 Å². The van der Waals surface area contributed by atoms with E-state index in [1.165, 1.54) is 89.9 Å². The Balaban J connectivity index is 4.39. The highest BCUT2D eigenvalue weighted by Crippen LogP contribution is 2.43. The Morgan fingerprint density at radius 1 is 0.574 bits per heavy atom. The van der Waals surface area contributed by atoms with Crippen molar-refractivity contribution >= 4 is 19.8 Å². The van der Waals surface area contributed by atoms with Crippen molar-refractivity contribution in [2.75, 3.05) is 47.5 Å². The zero-order valence-corrected chi connectivity index (χ0v) is 36.3. The summed E-state index contributed by atoms with van der Waals surface area (Å²) in [7, 11) is 1.46. The van der Waals surface area contributed by atoms with Gasteiger partial charge in [-0.1, -0.05) is 140 Å². The molecule has 0 amide bonds. The molecule has 0 radical (unpaired) electrons. The summed E-state index contributed by atoms with van der Waals surface area (Å²) >= 11 is 0. The summed E-state index contributed by atoms with van der Waals surface area (Å²) in [4.78, 5) is 35.3. The van der Waals surface area contributed by atoms with E-state index < -0.39 is 26.5 Å². The van der Waals surface area contributed by atoms with Crippen LogP contribution in [-0.2, 0) is 32.7 Å². The van der Waals surface area contributed by atoms with Crippen LogP contribution in [0.5, 0.6) is 0 Å². The number of rotatable bonds is 39. The summed E-state index contributed by atoms with van der Waals surface area (Å²) in [6, 6.07) is 0. The number of phosphoric acid groups is 1. The Morgan fingerprint density at radius 3 is 1.54 bits per heavy atom. The van der Waals surface area contributed by atoms with E-state index in [4.69, 9.17) is 18.5 Å². The summed E-state index contributed by atoms with van der Waals surface area (Å²) in [5.74, 6) is -0.816. The van der Waals surface area contributed by atoms with Crippen molar-refractivity contribution < 1.29 is 42.1 Å². The number of hydrogen-bond donors (Lipinski definition) is 1. The van der Waals surface area contributed by atoms with Gasteiger partial charge in [0.05, 0.1) is 27.7 Å². The monoisotopic (exact) mass is 785 g/mol. The van der Waals surface area contributed by atoms with E-state index in [-0.39, 0.29) is 32.0 Å². The van der Waals surface area contributed by atoms with E-state index in [2.05, 4.69) is 50.3 Å². The quantitative estimate of drug-likeness (QED) is 0.0216. The molecule has 0 aromatic heterocycles. The third kappa shape index (κ3) is 39.9. The van der Waals surface area contributed by atoms with Crippen molar-refractivity contribution in [3.63, 3.8) is 0 Å². The lowest BCUT2D eigenvalue weighted by molar-refractivity contribution is -0.870. The summed E-state index contributed by atoms with van der Waals surface area (Å²) < 4.78 is 34.3. The molecule has 1 N–H and O–H groups in total. The maximum Gasteiger partial charge on any atom is 0.472 e. The number of unbranched alkanes of at least 4 members (excludes halogenated alkanes) is 19. The third-order valence-corrected chi connectivity index (χ3v) is 10.1. The molecule has 0 spiro atoms. The molecule has 10 heteroatoms. The van der Waals surface area contributed by atoms with Crippen LogP contribution in [-0.4, -0.2) is 74.9 Å². The van der Waals surface area contributed by atoms with Crippen LogP contribution >= 0.6 is 7.82 Å². The molecule has 0 rings (SSSR count). The number of carbonyl (C=O) groups is 2. The van der Waals surface area contributed by atoms with Gasteiger partial charge in [-0.3, -0.25) is 18.6 Å². The van der Waals surface area contributed by atoms with Crippen LogP contribution in [0.1, 0.15) is 181 Å². The van der Waals surface area contributed by atoms with Crippen LogP contribution in [0.2, 0.25) is 0 Å². The van der Waals surface area contributed by atoms with Gasteiger partial charge in [0.1, 0.15) is 19.8 Å². The molecule has 0 saturated heterocycles. The maximum absolute atomic E-state index is 12.7. The van der Waals surface area contributed by atoms with Gasteiger partial charge in [-0.15, -0.1) is 0 Å². The number of quaternary nitrogens is 1. The molecule has 54 heavy (non-hydrogen) atoms. The van der Waals surface area contributed by atoms with Gasteiger partial charge in [0, 0.05) is 12.8 Å². The molecule has 0 bridgehead atoms. The van der Waals surface area contributed by atoms with E-state index in [1.807, 2.05) is 21.1 Å². The third-order valence-electron chi connectivity index (χ3n) is 9.14. The fraction of sp³-hybridized carbons (Fsp3) is 0.818. The van der Waals surface area contributed by atoms with Crippen LogP contribution < -0.4 is 0 Å². The van der Waals surface area contributed by atoms with Crippen molar-refractivity contribution in [1.29, 1.82) is 0 Å². The minimum atomic E-state index is -4.38. The van der Waals surface area contributed by atoms with Crippen LogP contribution in [0, 0.1) is 0 Å². The first-order valence-corrected chi connectivity index (χ1v) is 23.2. The zero-order valence-electron chi connectivity index (χ0n) is 35.5. The molecule has 0 heterocycles.